The highest BCUT2D eigenvalue weighted by Crippen LogP contribution is 2.09. The summed E-state index contributed by atoms with van der Waals surface area (Å²) >= 11 is 0. The Hall–Kier alpha value is -1.36. The van der Waals surface area contributed by atoms with E-state index in [0.29, 0.717) is 12.6 Å². The molecule has 0 aromatic carbocycles. The standard InChI is InChI=1S/C11H19N3O2/c1-3-12-11(16)14-10(15)8(2)13-9-6-4-5-7-9/h4-5,8-9,13H,3,6-7H2,1-2H3,(H2,12,14,15,16). The van der Waals surface area contributed by atoms with Gasteiger partial charge in [0.15, 0.2) is 0 Å². The van der Waals surface area contributed by atoms with Gasteiger partial charge in [-0.15, -0.1) is 0 Å². The van der Waals surface area contributed by atoms with Crippen LogP contribution >= 0.6 is 0 Å². The third-order valence-corrected chi connectivity index (χ3v) is 2.46. The maximum Gasteiger partial charge on any atom is 0.321 e. The maximum absolute atomic E-state index is 11.6. The van der Waals surface area contributed by atoms with Gasteiger partial charge in [-0.2, -0.15) is 0 Å². The number of rotatable bonds is 4. The lowest BCUT2D eigenvalue weighted by atomic mass is 10.2. The largest absolute Gasteiger partial charge is 0.338 e. The van der Waals surface area contributed by atoms with E-state index < -0.39 is 6.03 Å². The van der Waals surface area contributed by atoms with Gasteiger partial charge >= 0.3 is 6.03 Å². The Morgan fingerprint density at radius 2 is 2.00 bits per heavy atom. The van der Waals surface area contributed by atoms with Gasteiger partial charge in [0.1, 0.15) is 0 Å². The van der Waals surface area contributed by atoms with Gasteiger partial charge in [0, 0.05) is 12.6 Å². The first-order chi connectivity index (χ1) is 7.63. The first-order valence-electron chi connectivity index (χ1n) is 5.63. The topological polar surface area (TPSA) is 70.2 Å². The molecule has 1 aliphatic carbocycles. The highest BCUT2D eigenvalue weighted by Gasteiger charge is 2.19. The van der Waals surface area contributed by atoms with Crippen LogP contribution in [0.25, 0.3) is 0 Å². The van der Waals surface area contributed by atoms with Crippen LogP contribution < -0.4 is 16.0 Å². The van der Waals surface area contributed by atoms with Gasteiger partial charge in [-0.3, -0.25) is 10.1 Å². The monoisotopic (exact) mass is 225 g/mol. The smallest absolute Gasteiger partial charge is 0.321 e. The van der Waals surface area contributed by atoms with Gasteiger partial charge < -0.3 is 10.6 Å². The number of urea groups is 1. The van der Waals surface area contributed by atoms with Crippen LogP contribution in [0.2, 0.25) is 0 Å². The Balaban J connectivity index is 2.27. The summed E-state index contributed by atoms with van der Waals surface area (Å²) in [4.78, 5) is 22.7. The molecule has 90 valence electrons. The first kappa shape index (κ1) is 12.7. The second-order valence-corrected chi connectivity index (χ2v) is 3.88. The van der Waals surface area contributed by atoms with Crippen LogP contribution in [0.15, 0.2) is 12.2 Å². The normalized spacial score (nSPS) is 17.1. The molecule has 1 atom stereocenters. The number of imide groups is 1. The van der Waals surface area contributed by atoms with Crippen LogP contribution in [0, 0.1) is 0 Å². The molecule has 0 bridgehead atoms. The van der Waals surface area contributed by atoms with Crippen molar-refractivity contribution in [1.82, 2.24) is 16.0 Å². The molecule has 0 aromatic heterocycles. The molecule has 1 rings (SSSR count). The van der Waals surface area contributed by atoms with E-state index in [2.05, 4.69) is 28.1 Å². The van der Waals surface area contributed by atoms with Crippen molar-refractivity contribution >= 4 is 11.9 Å². The average molecular weight is 225 g/mol. The second-order valence-electron chi connectivity index (χ2n) is 3.88. The molecule has 0 saturated heterocycles. The number of carbonyl (C=O) groups excluding carboxylic acids is 2. The van der Waals surface area contributed by atoms with E-state index in [1.807, 2.05) is 0 Å². The van der Waals surface area contributed by atoms with Crippen molar-refractivity contribution < 1.29 is 9.59 Å². The van der Waals surface area contributed by atoms with Crippen LogP contribution in [0.4, 0.5) is 4.79 Å². The Labute approximate surface area is 95.7 Å². The third kappa shape index (κ3) is 4.02. The fourth-order valence-corrected chi connectivity index (χ4v) is 1.61. The molecule has 0 fully saturated rings. The summed E-state index contributed by atoms with van der Waals surface area (Å²) in [6.45, 7) is 4.07. The SMILES string of the molecule is CCNC(=O)NC(=O)C(C)NC1CC=CC1. The van der Waals surface area contributed by atoms with E-state index in [1.165, 1.54) is 0 Å². The van der Waals surface area contributed by atoms with Gasteiger partial charge in [-0.1, -0.05) is 12.2 Å². The van der Waals surface area contributed by atoms with Crippen molar-refractivity contribution in [3.05, 3.63) is 12.2 Å². The molecule has 1 aliphatic rings. The minimum Gasteiger partial charge on any atom is -0.338 e. The first-order valence-corrected chi connectivity index (χ1v) is 5.63. The quantitative estimate of drug-likeness (QED) is 0.611. The Morgan fingerprint density at radius 1 is 1.38 bits per heavy atom. The maximum atomic E-state index is 11.6. The molecule has 3 amide bonds. The minimum atomic E-state index is -0.439. The van der Waals surface area contributed by atoms with Crippen LogP contribution in [0.5, 0.6) is 0 Å². The minimum absolute atomic E-state index is 0.294. The predicted octanol–water partition coefficient (Wildman–Crippen LogP) is 0.529. The molecule has 0 aromatic rings. The van der Waals surface area contributed by atoms with Gasteiger partial charge in [0.25, 0.3) is 0 Å². The predicted molar refractivity (Wildman–Crippen MR) is 62.0 cm³/mol. The van der Waals surface area contributed by atoms with E-state index in [1.54, 1.807) is 13.8 Å². The molecular formula is C11H19N3O2. The van der Waals surface area contributed by atoms with Gasteiger partial charge in [0.2, 0.25) is 5.91 Å². The average Bonchev–Trinajstić information content (AvgIpc) is 2.70. The zero-order valence-electron chi connectivity index (χ0n) is 9.75. The molecule has 16 heavy (non-hydrogen) atoms. The van der Waals surface area contributed by atoms with E-state index in [-0.39, 0.29) is 11.9 Å². The Bertz CT molecular complexity index is 281. The Kier molecular flexibility index (Phi) is 4.98. The van der Waals surface area contributed by atoms with Crippen LogP contribution in [0.3, 0.4) is 0 Å². The molecular weight excluding hydrogens is 206 g/mol. The highest BCUT2D eigenvalue weighted by molar-refractivity contribution is 5.96. The fraction of sp³-hybridized carbons (Fsp3) is 0.636. The van der Waals surface area contributed by atoms with Crippen LogP contribution in [-0.4, -0.2) is 30.6 Å². The molecule has 5 nitrogen and oxygen atoms in total. The lowest BCUT2D eigenvalue weighted by Gasteiger charge is -2.18. The summed E-state index contributed by atoms with van der Waals surface area (Å²) in [6, 6.07) is -0.479. The molecule has 0 aliphatic heterocycles. The van der Waals surface area contributed by atoms with Crippen LogP contribution in [-0.2, 0) is 4.79 Å². The summed E-state index contributed by atoms with van der Waals surface area (Å²) < 4.78 is 0. The van der Waals surface area contributed by atoms with Gasteiger partial charge in [0.05, 0.1) is 6.04 Å². The van der Waals surface area contributed by atoms with Gasteiger partial charge in [-0.05, 0) is 26.7 Å². The van der Waals surface area contributed by atoms with E-state index in [4.69, 9.17) is 0 Å². The Morgan fingerprint density at radius 3 is 2.56 bits per heavy atom. The number of hydrogen-bond donors (Lipinski definition) is 3. The number of hydrogen-bond acceptors (Lipinski definition) is 3. The summed E-state index contributed by atoms with van der Waals surface area (Å²) in [5, 5.41) is 7.97. The number of carbonyl (C=O) groups is 2. The molecule has 0 spiro atoms. The molecule has 0 radical (unpaired) electrons. The third-order valence-electron chi connectivity index (χ3n) is 2.46. The van der Waals surface area contributed by atoms with Crippen LogP contribution in [0.1, 0.15) is 26.7 Å². The van der Waals surface area contributed by atoms with Crippen molar-refractivity contribution in [1.29, 1.82) is 0 Å². The molecule has 0 heterocycles. The van der Waals surface area contributed by atoms with E-state index >= 15 is 0 Å². The fourth-order valence-electron chi connectivity index (χ4n) is 1.61. The number of nitrogens with one attached hydrogen (secondary N) is 3. The van der Waals surface area contributed by atoms with Crippen molar-refractivity contribution in [3.8, 4) is 0 Å². The zero-order valence-corrected chi connectivity index (χ0v) is 9.75. The molecule has 0 saturated carbocycles. The van der Waals surface area contributed by atoms with Crippen molar-refractivity contribution in [2.24, 2.45) is 0 Å². The van der Waals surface area contributed by atoms with Crippen molar-refractivity contribution in [2.45, 2.75) is 38.8 Å². The molecule has 3 N–H and O–H groups in total. The molecule has 5 heteroatoms. The zero-order chi connectivity index (χ0) is 12.0. The summed E-state index contributed by atoms with van der Waals surface area (Å²) in [7, 11) is 0. The highest BCUT2D eigenvalue weighted by atomic mass is 16.2. The van der Waals surface area contributed by atoms with Crippen molar-refractivity contribution in [3.63, 3.8) is 0 Å². The van der Waals surface area contributed by atoms with E-state index in [0.717, 1.165) is 12.8 Å². The molecule has 1 unspecified atom stereocenters. The second kappa shape index (κ2) is 6.27. The summed E-state index contributed by atoms with van der Waals surface area (Å²) in [6.07, 6.45) is 6.07. The number of amides is 3. The van der Waals surface area contributed by atoms with E-state index in [9.17, 15) is 9.59 Å². The lowest BCUT2D eigenvalue weighted by molar-refractivity contribution is -0.121. The van der Waals surface area contributed by atoms with Crippen molar-refractivity contribution in [2.75, 3.05) is 6.54 Å². The summed E-state index contributed by atoms with van der Waals surface area (Å²) in [5.41, 5.74) is 0. The summed E-state index contributed by atoms with van der Waals surface area (Å²) in [5.74, 6) is -0.294. The van der Waals surface area contributed by atoms with Gasteiger partial charge in [-0.25, -0.2) is 4.79 Å². The lowest BCUT2D eigenvalue weighted by Crippen LogP contribution is -2.50.